The number of fused-ring (bicyclic) bond motifs is 4. The molecule has 0 spiro atoms. The van der Waals surface area contributed by atoms with Crippen LogP contribution in [0.2, 0.25) is 0 Å². The molecule has 5 atom stereocenters. The fraction of sp³-hybridized carbons (Fsp3) is 0.345. The molecule has 2 aromatic rings. The number of hydrogen-bond donors (Lipinski definition) is 5. The number of aliphatic hydroxyl groups excluding tert-OH is 2. The lowest BCUT2D eigenvalue weighted by Gasteiger charge is -2.50. The number of ketones is 2. The fourth-order valence-corrected chi connectivity index (χ4v) is 7.71. The zero-order chi connectivity index (χ0) is 28.8. The van der Waals surface area contributed by atoms with Crippen LogP contribution in [-0.4, -0.2) is 68.5 Å². The third kappa shape index (κ3) is 3.50. The second-order valence-corrected chi connectivity index (χ2v) is 12.2. The minimum absolute atomic E-state index is 0.0470. The standard InChI is InChI=1S/C29H27IN2O8/c1-32(2)22-15-8-12-7-13-16(30)10-14(18-9-11-5-3-4-6-17(11)40-18)23(33)20(13)24(34)19(12)26(36)29(15,39)27(37)21(25(22)35)28(31)38/h3-6,10,12,15,18,22,33-34,37,39H,7-9H2,1-2H3,(H2,31,38)/t12-,15-,18?,22-,29-/m0/s1. The number of rotatable bonds is 3. The van der Waals surface area contributed by atoms with Crippen LogP contribution in [0.25, 0.3) is 5.76 Å². The Bertz CT molecular complexity index is 1570. The Kier molecular flexibility index (Phi) is 6.06. The highest BCUT2D eigenvalue weighted by atomic mass is 127. The maximum atomic E-state index is 14.0. The number of primary amides is 1. The van der Waals surface area contributed by atoms with E-state index in [1.54, 1.807) is 14.1 Å². The lowest BCUT2D eigenvalue weighted by atomic mass is 9.57. The van der Waals surface area contributed by atoms with E-state index in [4.69, 9.17) is 10.5 Å². The number of nitrogens with two attached hydrogens (primary N) is 1. The van der Waals surface area contributed by atoms with Crippen LogP contribution < -0.4 is 10.5 Å². The average molecular weight is 658 g/mol. The van der Waals surface area contributed by atoms with Crippen LogP contribution in [0.4, 0.5) is 0 Å². The van der Waals surface area contributed by atoms with Crippen LogP contribution in [0, 0.1) is 15.4 Å². The quantitative estimate of drug-likeness (QED) is 0.245. The maximum Gasteiger partial charge on any atom is 0.255 e. The van der Waals surface area contributed by atoms with Gasteiger partial charge in [-0.15, -0.1) is 0 Å². The number of likely N-dealkylation sites (N-methyl/N-ethyl adjacent to an activating group) is 1. The van der Waals surface area contributed by atoms with Crippen molar-refractivity contribution < 1.29 is 39.5 Å². The molecule has 6 N–H and O–H groups in total. The Morgan fingerprint density at radius 2 is 1.85 bits per heavy atom. The van der Waals surface area contributed by atoms with E-state index >= 15 is 0 Å². The topological polar surface area (TPSA) is 171 Å². The van der Waals surface area contributed by atoms with Crippen molar-refractivity contribution in [2.24, 2.45) is 17.6 Å². The number of aromatic hydroxyl groups is 1. The van der Waals surface area contributed by atoms with E-state index in [1.807, 2.05) is 30.3 Å². The Balaban J connectivity index is 1.50. The molecule has 3 aliphatic carbocycles. The van der Waals surface area contributed by atoms with Gasteiger partial charge in [-0.2, -0.15) is 0 Å². The van der Waals surface area contributed by atoms with Crippen molar-refractivity contribution in [2.75, 3.05) is 14.1 Å². The summed E-state index contributed by atoms with van der Waals surface area (Å²) in [6.45, 7) is 0. The number of amides is 1. The Hall–Kier alpha value is -3.42. The molecule has 0 radical (unpaired) electrons. The Morgan fingerprint density at radius 3 is 2.50 bits per heavy atom. The highest BCUT2D eigenvalue weighted by molar-refractivity contribution is 14.1. The Labute approximate surface area is 242 Å². The average Bonchev–Trinajstić information content (AvgIpc) is 3.32. The van der Waals surface area contributed by atoms with Crippen molar-refractivity contribution in [1.29, 1.82) is 0 Å². The van der Waals surface area contributed by atoms with E-state index in [1.165, 1.54) is 4.90 Å². The number of halogens is 1. The van der Waals surface area contributed by atoms with E-state index in [0.29, 0.717) is 23.3 Å². The van der Waals surface area contributed by atoms with E-state index < -0.39 is 64.1 Å². The van der Waals surface area contributed by atoms with Crippen LogP contribution in [0.5, 0.6) is 11.5 Å². The third-order valence-corrected chi connectivity index (χ3v) is 9.65. The molecule has 208 valence electrons. The number of carbonyl (C=O) groups excluding carboxylic acids is 3. The van der Waals surface area contributed by atoms with Gasteiger partial charge in [0.1, 0.15) is 34.7 Å². The first-order valence-electron chi connectivity index (χ1n) is 12.8. The van der Waals surface area contributed by atoms with Gasteiger partial charge in [-0.3, -0.25) is 19.3 Å². The van der Waals surface area contributed by atoms with Crippen molar-refractivity contribution in [2.45, 2.75) is 37.0 Å². The van der Waals surface area contributed by atoms with E-state index in [-0.39, 0.29) is 29.7 Å². The number of phenols is 1. The normalized spacial score (nSPS) is 29.1. The number of carbonyl (C=O) groups is 3. The molecule has 1 unspecified atom stereocenters. The van der Waals surface area contributed by atoms with Crippen molar-refractivity contribution >= 4 is 45.8 Å². The predicted octanol–water partition coefficient (Wildman–Crippen LogP) is 2.24. The largest absolute Gasteiger partial charge is 0.508 e. The summed E-state index contributed by atoms with van der Waals surface area (Å²) in [5.74, 6) is -5.95. The number of aliphatic hydroxyl groups is 3. The smallest absolute Gasteiger partial charge is 0.255 e. The minimum atomic E-state index is -2.67. The summed E-state index contributed by atoms with van der Waals surface area (Å²) in [5, 5.41) is 45.7. The molecular weight excluding hydrogens is 631 g/mol. The fourth-order valence-electron chi connectivity index (χ4n) is 6.89. The SMILES string of the molecule is CN(C)[C@@H]1C(=O)C(C(N)=O)=C(O)[C@@]2(O)C(=O)C3=C(O)c4c(O)c(C5Cc6ccccc6O5)cc(I)c4C[C@H]3C[C@@H]12. The van der Waals surface area contributed by atoms with Gasteiger partial charge in [0.15, 0.2) is 11.4 Å². The number of para-hydroxylation sites is 1. The second kappa shape index (κ2) is 9.05. The molecule has 0 bridgehead atoms. The molecule has 2 aromatic carbocycles. The number of phenolic OH excluding ortho intramolecular Hbond substituents is 1. The highest BCUT2D eigenvalue weighted by Crippen LogP contribution is 2.54. The van der Waals surface area contributed by atoms with Gasteiger partial charge >= 0.3 is 0 Å². The minimum Gasteiger partial charge on any atom is -0.508 e. The lowest BCUT2D eigenvalue weighted by molar-refractivity contribution is -0.153. The summed E-state index contributed by atoms with van der Waals surface area (Å²) >= 11 is 2.13. The van der Waals surface area contributed by atoms with Crippen LogP contribution in [0.3, 0.4) is 0 Å². The zero-order valence-electron chi connectivity index (χ0n) is 21.6. The molecule has 1 aliphatic heterocycles. The van der Waals surface area contributed by atoms with Gasteiger partial charge in [0.05, 0.1) is 11.6 Å². The number of hydrogen-bond acceptors (Lipinski definition) is 9. The summed E-state index contributed by atoms with van der Waals surface area (Å²) in [6.07, 6.45) is 0.281. The Morgan fingerprint density at radius 1 is 1.15 bits per heavy atom. The summed E-state index contributed by atoms with van der Waals surface area (Å²) < 4.78 is 6.83. The lowest BCUT2D eigenvalue weighted by Crippen LogP contribution is -2.65. The maximum absolute atomic E-state index is 14.0. The molecule has 1 fully saturated rings. The number of ether oxygens (including phenoxy) is 1. The number of benzene rings is 2. The summed E-state index contributed by atoms with van der Waals surface area (Å²) in [6, 6.07) is 8.23. The first-order chi connectivity index (χ1) is 18.9. The van der Waals surface area contributed by atoms with Crippen LogP contribution >= 0.6 is 22.6 Å². The van der Waals surface area contributed by atoms with E-state index in [0.717, 1.165) is 9.13 Å². The van der Waals surface area contributed by atoms with Gasteiger partial charge in [-0.25, -0.2) is 0 Å². The molecule has 4 aliphatic rings. The van der Waals surface area contributed by atoms with Gasteiger partial charge in [-0.05, 0) is 78.7 Å². The molecule has 1 amide bonds. The predicted molar refractivity (Wildman–Crippen MR) is 150 cm³/mol. The first-order valence-corrected chi connectivity index (χ1v) is 13.9. The van der Waals surface area contributed by atoms with Crippen molar-refractivity contribution in [3.8, 4) is 11.5 Å². The summed E-state index contributed by atoms with van der Waals surface area (Å²) in [4.78, 5) is 40.8. The highest BCUT2D eigenvalue weighted by Gasteiger charge is 2.64. The number of Topliss-reactive ketones (excluding diaryl/α,β-unsaturated/α-hetero) is 2. The molecule has 6 rings (SSSR count). The van der Waals surface area contributed by atoms with Crippen molar-refractivity contribution in [3.05, 3.63) is 73.1 Å². The van der Waals surface area contributed by atoms with E-state index in [2.05, 4.69) is 22.6 Å². The first kappa shape index (κ1) is 26.8. The molecule has 1 heterocycles. The molecular formula is C29H27IN2O8. The monoisotopic (exact) mass is 658 g/mol. The van der Waals surface area contributed by atoms with Crippen LogP contribution in [0.1, 0.15) is 34.8 Å². The molecule has 10 nitrogen and oxygen atoms in total. The van der Waals surface area contributed by atoms with Gasteiger partial charge in [-0.1, -0.05) is 18.2 Å². The second-order valence-electron chi connectivity index (χ2n) is 11.0. The summed E-state index contributed by atoms with van der Waals surface area (Å²) in [7, 11) is 3.14. The molecule has 1 saturated carbocycles. The van der Waals surface area contributed by atoms with Gasteiger partial charge < -0.3 is 30.9 Å². The molecule has 11 heteroatoms. The molecule has 0 saturated heterocycles. The molecule has 0 aromatic heterocycles. The van der Waals surface area contributed by atoms with Crippen LogP contribution in [0.15, 0.2) is 47.2 Å². The zero-order valence-corrected chi connectivity index (χ0v) is 23.8. The summed E-state index contributed by atoms with van der Waals surface area (Å²) in [5.41, 5.74) is 3.82. The number of nitrogens with zero attached hydrogens (tertiary/aromatic N) is 1. The van der Waals surface area contributed by atoms with Gasteiger partial charge in [0.2, 0.25) is 5.78 Å². The van der Waals surface area contributed by atoms with Crippen molar-refractivity contribution in [3.63, 3.8) is 0 Å². The molecule has 40 heavy (non-hydrogen) atoms. The van der Waals surface area contributed by atoms with Crippen molar-refractivity contribution in [1.82, 2.24) is 4.90 Å². The van der Waals surface area contributed by atoms with Gasteiger partial charge in [0, 0.05) is 27.0 Å². The van der Waals surface area contributed by atoms with Crippen LogP contribution in [-0.2, 0) is 27.2 Å². The van der Waals surface area contributed by atoms with E-state index in [9.17, 15) is 34.8 Å². The third-order valence-electron chi connectivity index (χ3n) is 8.69. The van der Waals surface area contributed by atoms with Gasteiger partial charge in [0.25, 0.3) is 5.91 Å².